The minimum Gasteiger partial charge on any atom is -0.454 e. The first-order chi connectivity index (χ1) is 12.4. The maximum atomic E-state index is 12.5. The van der Waals surface area contributed by atoms with E-state index in [1.165, 1.54) is 0 Å². The number of ether oxygens (including phenoxy) is 2. The van der Waals surface area contributed by atoms with Crippen molar-refractivity contribution >= 4 is 21.6 Å². The number of carbonyl (C=O) groups is 1. The lowest BCUT2D eigenvalue weighted by molar-refractivity contribution is -0.122. The molecular weight excluding hydrogens is 356 g/mol. The Bertz CT molecular complexity index is 899. The van der Waals surface area contributed by atoms with Crippen molar-refractivity contribution in [2.24, 2.45) is 0 Å². The van der Waals surface area contributed by atoms with Gasteiger partial charge < -0.3 is 14.8 Å². The molecular formula is C18H20N2O5S. The molecule has 0 fully saturated rings. The zero-order valence-electron chi connectivity index (χ0n) is 14.5. The maximum Gasteiger partial charge on any atom is 0.243 e. The number of para-hydroxylation sites is 1. The zero-order chi connectivity index (χ0) is 18.7. The molecule has 1 N–H and O–H groups in total. The molecule has 8 heteroatoms. The van der Waals surface area contributed by atoms with Gasteiger partial charge in [-0.15, -0.1) is 0 Å². The Hall–Kier alpha value is -2.74. The first-order valence-electron chi connectivity index (χ1n) is 8.07. The molecule has 1 atom stereocenters. The van der Waals surface area contributed by atoms with Crippen LogP contribution in [-0.4, -0.2) is 33.4 Å². The van der Waals surface area contributed by atoms with Gasteiger partial charge in [-0.2, -0.15) is 0 Å². The van der Waals surface area contributed by atoms with Gasteiger partial charge in [0.1, 0.15) is 6.04 Å². The Morgan fingerprint density at radius 1 is 1.15 bits per heavy atom. The third kappa shape index (κ3) is 3.91. The summed E-state index contributed by atoms with van der Waals surface area (Å²) in [7, 11) is -3.62. The van der Waals surface area contributed by atoms with Gasteiger partial charge in [-0.25, -0.2) is 8.42 Å². The molecule has 138 valence electrons. The highest BCUT2D eigenvalue weighted by Gasteiger charge is 2.28. The van der Waals surface area contributed by atoms with Crippen molar-refractivity contribution in [2.75, 3.05) is 17.4 Å². The van der Waals surface area contributed by atoms with Gasteiger partial charge in [-0.3, -0.25) is 9.10 Å². The molecule has 0 saturated carbocycles. The lowest BCUT2D eigenvalue weighted by atomic mass is 10.2. The fourth-order valence-electron chi connectivity index (χ4n) is 2.77. The van der Waals surface area contributed by atoms with E-state index in [1.807, 2.05) is 6.07 Å². The lowest BCUT2D eigenvalue weighted by Crippen LogP contribution is -2.47. The van der Waals surface area contributed by atoms with E-state index in [0.29, 0.717) is 17.2 Å². The summed E-state index contributed by atoms with van der Waals surface area (Å²) in [5.74, 6) is 0.907. The predicted octanol–water partition coefficient (Wildman–Crippen LogP) is 1.89. The van der Waals surface area contributed by atoms with Crippen molar-refractivity contribution in [1.29, 1.82) is 0 Å². The first kappa shape index (κ1) is 18.1. The number of hydrogen-bond acceptors (Lipinski definition) is 5. The summed E-state index contributed by atoms with van der Waals surface area (Å²) in [6.07, 6.45) is 1.08. The van der Waals surface area contributed by atoms with Crippen molar-refractivity contribution in [3.05, 3.63) is 54.1 Å². The minimum absolute atomic E-state index is 0.183. The summed E-state index contributed by atoms with van der Waals surface area (Å²) >= 11 is 0. The van der Waals surface area contributed by atoms with E-state index in [4.69, 9.17) is 9.47 Å². The van der Waals surface area contributed by atoms with Gasteiger partial charge in [-0.05, 0) is 36.8 Å². The van der Waals surface area contributed by atoms with E-state index >= 15 is 0 Å². The van der Waals surface area contributed by atoms with Gasteiger partial charge in [0.15, 0.2) is 11.5 Å². The van der Waals surface area contributed by atoms with Crippen molar-refractivity contribution in [2.45, 2.75) is 19.5 Å². The molecule has 1 heterocycles. The summed E-state index contributed by atoms with van der Waals surface area (Å²) in [5.41, 5.74) is 1.28. The molecule has 1 amide bonds. The van der Waals surface area contributed by atoms with E-state index < -0.39 is 22.0 Å². The fourth-order valence-corrected chi connectivity index (χ4v) is 3.95. The van der Waals surface area contributed by atoms with Crippen molar-refractivity contribution < 1.29 is 22.7 Å². The summed E-state index contributed by atoms with van der Waals surface area (Å²) in [6.45, 7) is 2.00. The second kappa shape index (κ2) is 7.25. The van der Waals surface area contributed by atoms with Gasteiger partial charge >= 0.3 is 0 Å². The molecule has 0 bridgehead atoms. The SMILES string of the molecule is C[C@@H](C(=O)NCc1ccc2c(c1)OCO2)N(c1ccccc1)S(C)(=O)=O. The molecule has 0 unspecified atom stereocenters. The number of amides is 1. The molecule has 0 aromatic heterocycles. The Morgan fingerprint density at radius 3 is 2.54 bits per heavy atom. The van der Waals surface area contributed by atoms with Crippen LogP contribution in [-0.2, 0) is 21.4 Å². The zero-order valence-corrected chi connectivity index (χ0v) is 15.3. The summed E-state index contributed by atoms with van der Waals surface area (Å²) in [4.78, 5) is 12.5. The summed E-state index contributed by atoms with van der Waals surface area (Å²) in [6, 6.07) is 13.1. The second-order valence-electron chi connectivity index (χ2n) is 5.98. The monoisotopic (exact) mass is 376 g/mol. The van der Waals surface area contributed by atoms with Gasteiger partial charge in [0, 0.05) is 6.54 Å². The van der Waals surface area contributed by atoms with Crippen LogP contribution in [0.15, 0.2) is 48.5 Å². The highest BCUT2D eigenvalue weighted by molar-refractivity contribution is 7.92. The summed E-state index contributed by atoms with van der Waals surface area (Å²) < 4.78 is 36.1. The Balaban J connectivity index is 1.71. The van der Waals surface area contributed by atoms with Gasteiger partial charge in [0.25, 0.3) is 0 Å². The number of benzene rings is 2. The maximum absolute atomic E-state index is 12.5. The van der Waals surface area contributed by atoms with Gasteiger partial charge in [0.05, 0.1) is 11.9 Å². The van der Waals surface area contributed by atoms with Crippen molar-refractivity contribution in [3.8, 4) is 11.5 Å². The summed E-state index contributed by atoms with van der Waals surface area (Å²) in [5, 5.41) is 2.77. The molecule has 7 nitrogen and oxygen atoms in total. The van der Waals surface area contributed by atoms with Gasteiger partial charge in [-0.1, -0.05) is 24.3 Å². The highest BCUT2D eigenvalue weighted by atomic mass is 32.2. The highest BCUT2D eigenvalue weighted by Crippen LogP contribution is 2.32. The predicted molar refractivity (Wildman–Crippen MR) is 97.6 cm³/mol. The number of carbonyl (C=O) groups excluding carboxylic acids is 1. The van der Waals surface area contributed by atoms with E-state index in [9.17, 15) is 13.2 Å². The molecule has 2 aromatic rings. The Kier molecular flexibility index (Phi) is 5.03. The first-order valence-corrected chi connectivity index (χ1v) is 9.92. The molecule has 2 aromatic carbocycles. The van der Waals surface area contributed by atoms with Crippen LogP contribution in [0.4, 0.5) is 5.69 Å². The lowest BCUT2D eigenvalue weighted by Gasteiger charge is -2.28. The van der Waals surface area contributed by atoms with E-state index in [0.717, 1.165) is 16.1 Å². The normalized spacial score (nSPS) is 13.9. The van der Waals surface area contributed by atoms with Crippen LogP contribution in [0.5, 0.6) is 11.5 Å². The second-order valence-corrected chi connectivity index (χ2v) is 7.84. The number of rotatable bonds is 6. The van der Waals surface area contributed by atoms with Crippen LogP contribution in [0.25, 0.3) is 0 Å². The number of sulfonamides is 1. The molecule has 0 aliphatic carbocycles. The third-order valence-electron chi connectivity index (χ3n) is 4.00. The Morgan fingerprint density at radius 2 is 1.85 bits per heavy atom. The van der Waals surface area contributed by atoms with Gasteiger partial charge in [0.2, 0.25) is 22.7 Å². The largest absolute Gasteiger partial charge is 0.454 e. The third-order valence-corrected chi connectivity index (χ3v) is 5.24. The topological polar surface area (TPSA) is 84.9 Å². The average molecular weight is 376 g/mol. The molecule has 0 saturated heterocycles. The number of fused-ring (bicyclic) bond motifs is 1. The van der Waals surface area contributed by atoms with Crippen LogP contribution in [0.2, 0.25) is 0 Å². The quantitative estimate of drug-likeness (QED) is 0.832. The Labute approximate surface area is 152 Å². The van der Waals surface area contributed by atoms with Crippen molar-refractivity contribution in [1.82, 2.24) is 5.32 Å². The van der Waals surface area contributed by atoms with Crippen LogP contribution in [0.3, 0.4) is 0 Å². The molecule has 1 aliphatic heterocycles. The number of anilines is 1. The number of nitrogens with zero attached hydrogens (tertiary/aromatic N) is 1. The molecule has 26 heavy (non-hydrogen) atoms. The van der Waals surface area contributed by atoms with Crippen molar-refractivity contribution in [3.63, 3.8) is 0 Å². The smallest absolute Gasteiger partial charge is 0.243 e. The fraction of sp³-hybridized carbons (Fsp3) is 0.278. The van der Waals surface area contributed by atoms with E-state index in [2.05, 4.69) is 5.32 Å². The molecule has 1 aliphatic rings. The molecule has 3 rings (SSSR count). The average Bonchev–Trinajstić information content (AvgIpc) is 3.07. The minimum atomic E-state index is -3.62. The number of nitrogens with one attached hydrogen (secondary N) is 1. The molecule has 0 radical (unpaired) electrons. The van der Waals surface area contributed by atoms with E-state index in [1.54, 1.807) is 49.4 Å². The van der Waals surface area contributed by atoms with Crippen LogP contribution >= 0.6 is 0 Å². The van der Waals surface area contributed by atoms with Crippen LogP contribution in [0, 0.1) is 0 Å². The standard InChI is InChI=1S/C18H20N2O5S/c1-13(20(26(2,22)23)15-6-4-3-5-7-15)18(21)19-11-14-8-9-16-17(10-14)25-12-24-16/h3-10,13H,11-12H2,1-2H3,(H,19,21)/t13-/m0/s1. The molecule has 0 spiro atoms. The van der Waals surface area contributed by atoms with Crippen LogP contribution < -0.4 is 19.1 Å². The van der Waals surface area contributed by atoms with Crippen LogP contribution in [0.1, 0.15) is 12.5 Å². The number of hydrogen-bond donors (Lipinski definition) is 1. The van der Waals surface area contributed by atoms with E-state index in [-0.39, 0.29) is 13.3 Å².